The Balaban J connectivity index is 1.09. The van der Waals surface area contributed by atoms with E-state index in [1.807, 2.05) is 12.1 Å². The first kappa shape index (κ1) is 26.1. The van der Waals surface area contributed by atoms with Gasteiger partial charge in [-0.1, -0.05) is 54.6 Å². The Morgan fingerprint density at radius 1 is 1.02 bits per heavy atom. The third-order valence-corrected chi connectivity index (χ3v) is 11.0. The van der Waals surface area contributed by atoms with Crippen molar-refractivity contribution in [3.05, 3.63) is 89.5 Å². The number of methoxy groups -OCH3 is 1. The number of imidazole rings is 1. The molecule has 3 heterocycles. The van der Waals surface area contributed by atoms with Gasteiger partial charge in [0.05, 0.1) is 18.3 Å². The highest BCUT2D eigenvalue weighted by atomic mass is 16.5. The molecule has 44 heavy (non-hydrogen) atoms. The van der Waals surface area contributed by atoms with Gasteiger partial charge in [-0.15, -0.1) is 0 Å². The second-order valence-corrected chi connectivity index (χ2v) is 13.6. The summed E-state index contributed by atoms with van der Waals surface area (Å²) in [7, 11) is 3.76. The van der Waals surface area contributed by atoms with E-state index in [1.165, 1.54) is 47.7 Å². The second-order valence-electron chi connectivity index (χ2n) is 13.6. The number of hydrogen-bond donors (Lipinski definition) is 0. The zero-order valence-electron chi connectivity index (χ0n) is 25.4. The Labute approximate surface area is 257 Å². The first-order chi connectivity index (χ1) is 21.6. The van der Waals surface area contributed by atoms with E-state index in [9.17, 15) is 4.79 Å². The molecule has 3 aliphatic carbocycles. The molecule has 1 aliphatic heterocycles. The lowest BCUT2D eigenvalue weighted by Crippen LogP contribution is -2.53. The first-order valence-electron chi connectivity index (χ1n) is 16.3. The summed E-state index contributed by atoms with van der Waals surface area (Å²) in [6, 6.07) is 24.0. The second kappa shape index (κ2) is 9.85. The van der Waals surface area contributed by atoms with Gasteiger partial charge < -0.3 is 18.8 Å². The molecule has 4 atom stereocenters. The number of likely N-dealkylation sites (tertiary alicyclic amines) is 1. The number of nitrogens with zero attached hydrogens (tertiary/aromatic N) is 4. The molecule has 3 aromatic carbocycles. The molecule has 222 valence electrons. The Kier molecular flexibility index (Phi) is 5.84. The minimum absolute atomic E-state index is 0.131. The maximum Gasteiger partial charge on any atom is 0.254 e. The van der Waals surface area contributed by atoms with Crippen LogP contribution in [0.25, 0.3) is 39.5 Å². The minimum Gasteiger partial charge on any atom is -0.494 e. The highest BCUT2D eigenvalue weighted by Gasteiger charge is 2.61. The number of aromatic nitrogens is 3. The van der Waals surface area contributed by atoms with Crippen molar-refractivity contribution in [1.82, 2.24) is 19.0 Å². The first-order valence-corrected chi connectivity index (χ1v) is 16.3. The summed E-state index contributed by atoms with van der Waals surface area (Å²) in [5.74, 6) is 4.77. The topological polar surface area (TPSA) is 52.3 Å². The van der Waals surface area contributed by atoms with E-state index in [0.29, 0.717) is 29.2 Å². The summed E-state index contributed by atoms with van der Waals surface area (Å²) >= 11 is 0. The fourth-order valence-corrected chi connectivity index (χ4v) is 8.44. The van der Waals surface area contributed by atoms with E-state index in [2.05, 4.69) is 87.8 Å². The molecule has 1 amide bonds. The molecule has 6 heteroatoms. The molecule has 3 saturated carbocycles. The third-order valence-electron chi connectivity index (χ3n) is 11.0. The number of ether oxygens (including phenoxy) is 1. The normalized spacial score (nSPS) is 23.7. The monoisotopic (exact) mass is 582 g/mol. The van der Waals surface area contributed by atoms with Crippen molar-refractivity contribution in [3.8, 4) is 17.3 Å². The van der Waals surface area contributed by atoms with Crippen LogP contribution in [0.1, 0.15) is 47.2 Å². The lowest BCUT2D eigenvalue weighted by atomic mass is 9.53. The van der Waals surface area contributed by atoms with Crippen LogP contribution < -0.4 is 4.74 Å². The highest BCUT2D eigenvalue weighted by Crippen LogP contribution is 2.60. The number of aryl methyl sites for hydroxylation is 1. The number of carbonyl (C=O) groups is 1. The van der Waals surface area contributed by atoms with Gasteiger partial charge in [-0.05, 0) is 91.2 Å². The lowest BCUT2D eigenvalue weighted by Gasteiger charge is -2.52. The van der Waals surface area contributed by atoms with Gasteiger partial charge in [0.2, 0.25) is 0 Å². The van der Waals surface area contributed by atoms with Crippen LogP contribution >= 0.6 is 0 Å². The number of carbonyl (C=O) groups excluding carboxylic acids is 1. The van der Waals surface area contributed by atoms with Crippen LogP contribution in [0.4, 0.5) is 0 Å². The number of fused-ring (bicyclic) bond motifs is 2. The van der Waals surface area contributed by atoms with Gasteiger partial charge in [0.15, 0.2) is 5.82 Å². The maximum absolute atomic E-state index is 13.8. The van der Waals surface area contributed by atoms with Crippen molar-refractivity contribution in [2.75, 3.05) is 13.7 Å². The standard InChI is InChI=1S/C38H38N4O2/c1-40-36-30(17-28(20-34(36)44-2)38(43)42-22-29-16-27-19-32(42)35(27)29)39-37(40)33-18-26-14-13-24(10-6-9-23-7-4-3-5-8-23)15-31(26)41(33)21-25-11-12-25/h3-8,10,13-15,17-18,20,25,27,29,32,35H,9,11-12,16,19,21-22H2,1-2H3/b10-6+/t27?,29-,32?,35-/m1/s1. The van der Waals surface area contributed by atoms with Crippen LogP contribution in [-0.4, -0.2) is 44.6 Å². The summed E-state index contributed by atoms with van der Waals surface area (Å²) < 4.78 is 10.5. The Bertz CT molecular complexity index is 1960. The predicted molar refractivity (Wildman–Crippen MR) is 175 cm³/mol. The Morgan fingerprint density at radius 3 is 2.66 bits per heavy atom. The van der Waals surface area contributed by atoms with E-state index in [-0.39, 0.29) is 5.91 Å². The van der Waals surface area contributed by atoms with Crippen molar-refractivity contribution in [3.63, 3.8) is 0 Å². The predicted octanol–water partition coefficient (Wildman–Crippen LogP) is 7.35. The summed E-state index contributed by atoms with van der Waals surface area (Å²) in [4.78, 5) is 21.1. The lowest BCUT2D eigenvalue weighted by molar-refractivity contribution is -0.0204. The molecule has 1 saturated heterocycles. The van der Waals surface area contributed by atoms with Crippen molar-refractivity contribution < 1.29 is 9.53 Å². The van der Waals surface area contributed by atoms with Crippen LogP contribution in [0.3, 0.4) is 0 Å². The van der Waals surface area contributed by atoms with Crippen molar-refractivity contribution in [2.24, 2.45) is 30.7 Å². The summed E-state index contributed by atoms with van der Waals surface area (Å²) in [6.07, 6.45) is 10.4. The van der Waals surface area contributed by atoms with Crippen molar-refractivity contribution >= 4 is 33.9 Å². The molecule has 0 N–H and O–H groups in total. The van der Waals surface area contributed by atoms with Crippen LogP contribution in [0.2, 0.25) is 0 Å². The van der Waals surface area contributed by atoms with Crippen molar-refractivity contribution in [2.45, 2.75) is 44.7 Å². The average Bonchev–Trinajstić information content (AvgIpc) is 3.70. The molecule has 5 aromatic rings. The zero-order chi connectivity index (χ0) is 29.5. The van der Waals surface area contributed by atoms with Gasteiger partial charge >= 0.3 is 0 Å². The molecule has 2 unspecified atom stereocenters. The fraction of sp³-hybridized carbons (Fsp3) is 0.368. The number of benzene rings is 3. The van der Waals surface area contributed by atoms with Gasteiger partial charge in [-0.2, -0.15) is 0 Å². The average molecular weight is 583 g/mol. The van der Waals surface area contributed by atoms with Crippen LogP contribution in [0.5, 0.6) is 5.75 Å². The highest BCUT2D eigenvalue weighted by molar-refractivity contribution is 6.00. The molecule has 0 spiro atoms. The van der Waals surface area contributed by atoms with Gasteiger partial charge in [0, 0.05) is 42.6 Å². The molecule has 0 radical (unpaired) electrons. The molecular weight excluding hydrogens is 544 g/mol. The van der Waals surface area contributed by atoms with E-state index >= 15 is 0 Å². The van der Waals surface area contributed by atoms with E-state index in [1.54, 1.807) is 7.11 Å². The third kappa shape index (κ3) is 4.06. The molecule has 4 fully saturated rings. The van der Waals surface area contributed by atoms with Gasteiger partial charge in [-0.3, -0.25) is 4.79 Å². The molecule has 2 aromatic heterocycles. The largest absolute Gasteiger partial charge is 0.494 e. The SMILES string of the molecule is COc1cc(C(=O)N2C[C@H]3CC4CC2[C@H]43)cc2nc(-c3cc4ccc(/C=C/Cc5ccccc5)cc4n3CC3CC3)n(C)c12. The van der Waals surface area contributed by atoms with E-state index in [0.717, 1.165) is 53.9 Å². The molecular formula is C38H38N4O2. The quantitative estimate of drug-likeness (QED) is 0.192. The van der Waals surface area contributed by atoms with Gasteiger partial charge in [0.25, 0.3) is 5.91 Å². The Morgan fingerprint density at radius 2 is 1.89 bits per heavy atom. The molecule has 6 nitrogen and oxygen atoms in total. The van der Waals surface area contributed by atoms with E-state index in [4.69, 9.17) is 9.72 Å². The van der Waals surface area contributed by atoms with Crippen molar-refractivity contribution in [1.29, 1.82) is 0 Å². The Hall–Kier alpha value is -4.32. The van der Waals surface area contributed by atoms with Crippen LogP contribution in [0.15, 0.2) is 72.8 Å². The van der Waals surface area contributed by atoms with E-state index < -0.39 is 0 Å². The van der Waals surface area contributed by atoms with Gasteiger partial charge in [-0.25, -0.2) is 4.98 Å². The smallest absolute Gasteiger partial charge is 0.254 e. The van der Waals surface area contributed by atoms with Crippen LogP contribution in [0, 0.1) is 23.7 Å². The number of hydrogen-bond acceptors (Lipinski definition) is 3. The van der Waals surface area contributed by atoms with Crippen LogP contribution in [-0.2, 0) is 20.0 Å². The summed E-state index contributed by atoms with van der Waals surface area (Å²) in [6.45, 7) is 1.89. The number of rotatable bonds is 8. The molecule has 9 rings (SSSR count). The summed E-state index contributed by atoms with van der Waals surface area (Å²) in [5.41, 5.74) is 7.31. The number of amides is 1. The molecule has 4 aliphatic rings. The summed E-state index contributed by atoms with van der Waals surface area (Å²) in [5, 5.41) is 1.22. The molecule has 0 bridgehead atoms. The number of allylic oxidation sites excluding steroid dienone is 1. The van der Waals surface area contributed by atoms with Gasteiger partial charge in [0.1, 0.15) is 11.3 Å². The minimum atomic E-state index is 0.131. The zero-order valence-corrected chi connectivity index (χ0v) is 25.4. The maximum atomic E-state index is 13.8. The fourth-order valence-electron chi connectivity index (χ4n) is 8.44.